The average Bonchev–Trinajstić information content (AvgIpc) is 0.993. The smallest absolute Gasteiger partial charge is 0.260 e. The van der Waals surface area contributed by atoms with E-state index < -0.39 is 0 Å². The third-order valence-electron chi connectivity index (χ3n) is 27.4. The number of ether oxygens (including phenoxy) is 1. The molecule has 748 valence electrons. The number of nitrogens with one attached hydrogen (secondary N) is 5. The van der Waals surface area contributed by atoms with Crippen molar-refractivity contribution >= 4 is 120 Å². The monoisotopic (exact) mass is 2020 g/mol. The van der Waals surface area contributed by atoms with Gasteiger partial charge in [0.05, 0.1) is 35.4 Å². The van der Waals surface area contributed by atoms with Crippen LogP contribution in [0.3, 0.4) is 0 Å². The van der Waals surface area contributed by atoms with Crippen LogP contribution in [0, 0.1) is 39.5 Å². The summed E-state index contributed by atoms with van der Waals surface area (Å²) >= 11 is 26.8. The number of hydrogen-bond donors (Lipinski definition) is 5. The van der Waals surface area contributed by atoms with E-state index >= 15 is 0 Å². The van der Waals surface area contributed by atoms with Gasteiger partial charge in [0.25, 0.3) is 22.2 Å². The van der Waals surface area contributed by atoms with E-state index in [9.17, 15) is 24.0 Å². The maximum Gasteiger partial charge on any atom is 0.260 e. The van der Waals surface area contributed by atoms with Gasteiger partial charge in [-0.2, -0.15) is 19.9 Å². The minimum atomic E-state index is -0.387. The maximum absolute atomic E-state index is 13.6. The van der Waals surface area contributed by atoms with Crippen LogP contribution < -0.4 is 48.8 Å². The van der Waals surface area contributed by atoms with E-state index in [1.807, 2.05) is 213 Å². The number of aromatic nitrogens is 16. The molecule has 2 atom stereocenters. The van der Waals surface area contributed by atoms with Gasteiger partial charge in [-0.3, -0.25) is 62.2 Å². The van der Waals surface area contributed by atoms with Crippen LogP contribution in [0.4, 0.5) is 23.8 Å². The van der Waals surface area contributed by atoms with Gasteiger partial charge in [0.15, 0.2) is 0 Å². The van der Waals surface area contributed by atoms with E-state index in [0.717, 1.165) is 147 Å². The number of amides is 1. The van der Waals surface area contributed by atoms with Crippen molar-refractivity contribution < 1.29 is 9.53 Å². The molecule has 4 aromatic carbocycles. The van der Waals surface area contributed by atoms with Crippen LogP contribution >= 0.6 is 46.4 Å². The Kier molecular flexibility index (Phi) is 33.3. The van der Waals surface area contributed by atoms with Gasteiger partial charge in [-0.05, 0) is 294 Å². The zero-order valence-electron chi connectivity index (χ0n) is 83.6. The van der Waals surface area contributed by atoms with Crippen LogP contribution in [-0.4, -0.2) is 179 Å². The second kappa shape index (κ2) is 47.0. The van der Waals surface area contributed by atoms with Crippen LogP contribution in [-0.2, 0) is 35.7 Å². The number of likely N-dealkylation sites (tertiary alicyclic amines) is 1. The van der Waals surface area contributed by atoms with Crippen molar-refractivity contribution in [3.05, 3.63) is 279 Å². The van der Waals surface area contributed by atoms with Gasteiger partial charge in [0.1, 0.15) is 28.6 Å². The largest absolute Gasteiger partial charge is 0.379 e. The average molecular weight is 2030 g/mol. The summed E-state index contributed by atoms with van der Waals surface area (Å²) < 4.78 is 12.1. The lowest BCUT2D eigenvalue weighted by molar-refractivity contribution is -0.123. The van der Waals surface area contributed by atoms with Crippen LogP contribution in [0.15, 0.2) is 214 Å². The lowest BCUT2D eigenvalue weighted by Gasteiger charge is -2.29. The Morgan fingerprint density at radius 2 is 0.828 bits per heavy atom. The molecule has 29 nitrogen and oxygen atoms in total. The fourth-order valence-electron chi connectivity index (χ4n) is 19.4. The predicted octanol–water partition coefficient (Wildman–Crippen LogP) is 21.4. The second-order valence-electron chi connectivity index (χ2n) is 37.9. The van der Waals surface area contributed by atoms with E-state index in [-0.39, 0.29) is 40.2 Å². The van der Waals surface area contributed by atoms with Crippen molar-refractivity contribution in [3.8, 4) is 89.5 Å². The van der Waals surface area contributed by atoms with Crippen molar-refractivity contribution in [2.24, 2.45) is 11.8 Å². The number of fused-ring (bicyclic) bond motifs is 4. The summed E-state index contributed by atoms with van der Waals surface area (Å²) in [4.78, 5) is 126. The molecular formula is C112H121Cl4N23O6. The molecule has 20 rings (SSSR count). The van der Waals surface area contributed by atoms with Crippen LogP contribution in [0.25, 0.3) is 134 Å². The summed E-state index contributed by atoms with van der Waals surface area (Å²) in [6.45, 7) is 23.9. The molecule has 145 heavy (non-hydrogen) atoms. The van der Waals surface area contributed by atoms with Crippen LogP contribution in [0.1, 0.15) is 127 Å². The maximum atomic E-state index is 13.6. The minimum Gasteiger partial charge on any atom is -0.379 e. The minimum absolute atomic E-state index is 0.0675. The summed E-state index contributed by atoms with van der Waals surface area (Å²) in [5.74, 6) is 3.50. The Balaban J connectivity index is 0.000000133. The first-order valence-electron chi connectivity index (χ1n) is 50.0. The lowest BCUT2D eigenvalue weighted by Crippen LogP contribution is -2.44. The van der Waals surface area contributed by atoms with Gasteiger partial charge in [0, 0.05) is 208 Å². The van der Waals surface area contributed by atoms with Gasteiger partial charge >= 0.3 is 0 Å². The normalized spacial score (nSPS) is 16.0. The van der Waals surface area contributed by atoms with Crippen molar-refractivity contribution in [1.29, 1.82) is 0 Å². The van der Waals surface area contributed by atoms with E-state index in [1.54, 1.807) is 55.3 Å². The van der Waals surface area contributed by atoms with E-state index in [0.29, 0.717) is 168 Å². The number of aryl methyl sites for hydroxylation is 8. The highest BCUT2D eigenvalue weighted by molar-refractivity contribution is 6.35. The molecule has 4 aliphatic rings. The van der Waals surface area contributed by atoms with E-state index in [2.05, 4.69) is 107 Å². The fourth-order valence-corrected chi connectivity index (χ4v) is 20.5. The highest BCUT2D eigenvalue weighted by Crippen LogP contribution is 2.40. The molecule has 0 unspecified atom stereocenters. The standard InChI is InChI=1S/C31H37ClN6O.C30H35ClN6O.C26H25ClN6O2.C25H24ClN5O2/c1-5-38-29-23(19-33-31(36-29)35-24-12-9-21(10-13-24)15-16-37(3)4)17-26(30(38)39)25-14-11-22(18-27(25)32)28-8-6-7-20(2)34-28;1-4-37-28-23(19-33-30(35-28)32-14-6-8-21-12-15-36(3)16-13-21)17-25(29(37)38)24-11-10-22(18-26(24)31)27-9-5-7-20(2)34-27;1-3-33-23-17(14-29-26(32-23)31-22-8-5-11-28-24(22)34)12-19(25(33)35)18-10-9-16(13-20(18)27)21-7-4-6-15(2)30-21;1-3-31-23-16(13-28-25(30-23)29-17-7-9-33-14-17)11-20(24(31)32)19-10-15(2)18(12-21(19)26)22-6-4-5-8-27-22/h6-8,11,14,17-19,21,24H,5,9-10,12-13,15-16H2,1-4H3,(H,33,35,36);5,7,9-11,17-19,21H,4,6,8,12-16H2,1-3H3,(H,32,33,35);4,6-7,9-10,12-14,22H,3,5,8,11H2,1-2H3,(H,28,34)(H,29,31,32);4-6,8,10-13,17H,3,7,9,14H2,1-2H3,(H,28,29,30)/t;;22-;17-/m..01/s1. The number of anilines is 4. The highest BCUT2D eigenvalue weighted by Gasteiger charge is 2.29. The first kappa shape index (κ1) is 103. The van der Waals surface area contributed by atoms with Crippen molar-refractivity contribution in [2.75, 3.05) is 88.3 Å². The molecule has 0 spiro atoms. The molecule has 5 N–H and O–H groups in total. The predicted molar refractivity (Wildman–Crippen MR) is 585 cm³/mol. The molecule has 4 fully saturated rings. The Labute approximate surface area is 862 Å². The Morgan fingerprint density at radius 1 is 0.407 bits per heavy atom. The summed E-state index contributed by atoms with van der Waals surface area (Å²) in [7, 11) is 6.47. The molecule has 0 bridgehead atoms. The molecule has 12 aromatic heterocycles. The summed E-state index contributed by atoms with van der Waals surface area (Å²) in [6.07, 6.45) is 22.1. The van der Waals surface area contributed by atoms with Crippen LogP contribution in [0.2, 0.25) is 20.1 Å². The molecule has 33 heteroatoms. The number of pyridine rings is 8. The second-order valence-corrected chi connectivity index (χ2v) is 39.5. The third-order valence-corrected chi connectivity index (χ3v) is 28.6. The number of carbonyl (C=O) groups is 1. The van der Waals surface area contributed by atoms with E-state index in [1.165, 1.54) is 51.6 Å². The molecule has 3 saturated heterocycles. The highest BCUT2D eigenvalue weighted by atomic mass is 35.5. The van der Waals surface area contributed by atoms with Gasteiger partial charge in [-0.15, -0.1) is 0 Å². The van der Waals surface area contributed by atoms with Crippen molar-refractivity contribution in [1.82, 2.24) is 93.2 Å². The zero-order valence-corrected chi connectivity index (χ0v) is 86.7. The van der Waals surface area contributed by atoms with Gasteiger partial charge < -0.3 is 41.1 Å². The molecular weight excluding hydrogens is 1910 g/mol. The van der Waals surface area contributed by atoms with Gasteiger partial charge in [-0.25, -0.2) is 19.9 Å². The number of carbonyl (C=O) groups excluding carboxylic acids is 1. The molecule has 15 heterocycles. The molecule has 3 aliphatic heterocycles. The summed E-state index contributed by atoms with van der Waals surface area (Å²) in [5, 5.41) is 21.2. The Morgan fingerprint density at radius 3 is 1.24 bits per heavy atom. The van der Waals surface area contributed by atoms with Crippen molar-refractivity contribution in [3.63, 3.8) is 0 Å². The molecule has 1 aliphatic carbocycles. The number of hydrogen-bond acceptors (Lipinski definition) is 24. The third kappa shape index (κ3) is 24.3. The number of piperidine rings is 2. The lowest BCUT2D eigenvalue weighted by atomic mass is 9.84. The zero-order chi connectivity index (χ0) is 102. The molecule has 1 saturated carbocycles. The van der Waals surface area contributed by atoms with Gasteiger partial charge in [-0.1, -0.05) is 107 Å². The topological polar surface area (TPSA) is 336 Å². The molecule has 16 aromatic rings. The Bertz CT molecular complexity index is 7690. The molecule has 0 radical (unpaired) electrons. The van der Waals surface area contributed by atoms with Crippen LogP contribution in [0.5, 0.6) is 0 Å². The van der Waals surface area contributed by atoms with Gasteiger partial charge in [0.2, 0.25) is 29.7 Å². The number of nitrogens with zero attached hydrogens (tertiary/aromatic N) is 18. The Hall–Kier alpha value is -13.7. The first-order valence-corrected chi connectivity index (χ1v) is 51.5. The first-order chi connectivity index (χ1) is 70.2. The SMILES string of the molecule is CCn1c(=O)c(-c2cc(C)c(-c3ccccn3)cc2Cl)cc2cnc(N[C@@H]3CCOC3)nc21.CCn1c(=O)c(-c2ccc(-c3cccc(C)n3)cc2Cl)cc2cnc(NC3CCC(CCN(C)C)CC3)nc21.CCn1c(=O)c(-c2ccc(-c3cccc(C)n3)cc2Cl)cc2cnc(NCCCC3CCN(C)CC3)nc21.CCn1c(=O)c(-c2ccc(-c3cccc(C)n3)cc2Cl)cc2cnc(N[C@H]3CCCNC3=O)nc21. The number of benzene rings is 4. The molecule has 1 amide bonds. The summed E-state index contributed by atoms with van der Waals surface area (Å²) in [5.41, 5.74) is 17.4. The number of rotatable bonds is 26. The van der Waals surface area contributed by atoms with Crippen molar-refractivity contribution in [2.45, 2.75) is 177 Å². The summed E-state index contributed by atoms with van der Waals surface area (Å²) in [6, 6.07) is 51.7. The number of halogens is 4. The fraction of sp³-hybridized carbons (Fsp3) is 0.348. The quantitative estimate of drug-likeness (QED) is 0.0314. The van der Waals surface area contributed by atoms with E-state index in [4.69, 9.17) is 61.1 Å².